The highest BCUT2D eigenvalue weighted by molar-refractivity contribution is 5.74. The van der Waals surface area contributed by atoms with Gasteiger partial charge in [0.2, 0.25) is 0 Å². The van der Waals surface area contributed by atoms with Gasteiger partial charge in [0.25, 0.3) is 5.69 Å². The predicted molar refractivity (Wildman–Crippen MR) is 50.8 cm³/mol. The smallest absolute Gasteiger partial charge is 0.273 e. The van der Waals surface area contributed by atoms with Gasteiger partial charge in [-0.3, -0.25) is 14.9 Å². The molecule has 0 saturated carbocycles. The van der Waals surface area contributed by atoms with E-state index in [-0.39, 0.29) is 5.69 Å². The van der Waals surface area contributed by atoms with Crippen molar-refractivity contribution in [3.8, 4) is 11.8 Å². The van der Waals surface area contributed by atoms with E-state index in [0.29, 0.717) is 17.4 Å². The van der Waals surface area contributed by atoms with Gasteiger partial charge in [-0.05, 0) is 18.9 Å². The van der Waals surface area contributed by atoms with E-state index in [9.17, 15) is 14.9 Å². The molecule has 0 unspecified atom stereocenters. The van der Waals surface area contributed by atoms with Gasteiger partial charge >= 0.3 is 0 Å². The fraction of sp³-hybridized carbons (Fsp3) is 0.100. The molecule has 1 aromatic rings. The van der Waals surface area contributed by atoms with Crippen LogP contribution in [0.15, 0.2) is 18.2 Å². The van der Waals surface area contributed by atoms with Crippen molar-refractivity contribution in [3.05, 3.63) is 39.4 Å². The molecule has 0 spiro atoms. The second-order valence-electron chi connectivity index (χ2n) is 2.59. The summed E-state index contributed by atoms with van der Waals surface area (Å²) in [7, 11) is 0. The van der Waals surface area contributed by atoms with Crippen LogP contribution in [-0.2, 0) is 4.79 Å². The van der Waals surface area contributed by atoms with E-state index in [1.807, 2.05) is 0 Å². The van der Waals surface area contributed by atoms with Crippen molar-refractivity contribution < 1.29 is 9.72 Å². The van der Waals surface area contributed by atoms with Gasteiger partial charge in [0.1, 0.15) is 0 Å². The molecule has 0 N–H and O–H groups in total. The summed E-state index contributed by atoms with van der Waals surface area (Å²) in [6, 6.07) is 4.58. The number of nitrogens with zero attached hydrogens (tertiary/aromatic N) is 1. The topological polar surface area (TPSA) is 60.2 Å². The average molecular weight is 189 g/mol. The maximum atomic E-state index is 10.5. The lowest BCUT2D eigenvalue weighted by Crippen LogP contribution is -1.93. The normalized spacial score (nSPS) is 8.64. The summed E-state index contributed by atoms with van der Waals surface area (Å²) >= 11 is 0. The van der Waals surface area contributed by atoms with Crippen molar-refractivity contribution in [2.24, 2.45) is 0 Å². The monoisotopic (exact) mass is 189 g/mol. The molecule has 0 aliphatic heterocycles. The lowest BCUT2D eigenvalue weighted by Gasteiger charge is -1.98. The number of benzene rings is 1. The molecule has 4 nitrogen and oxygen atoms in total. The number of rotatable bonds is 1. The van der Waals surface area contributed by atoms with Gasteiger partial charge in [-0.15, -0.1) is 0 Å². The van der Waals surface area contributed by atoms with Crippen LogP contribution in [0.2, 0.25) is 0 Å². The van der Waals surface area contributed by atoms with Gasteiger partial charge in [0, 0.05) is 17.2 Å². The molecule has 0 heterocycles. The van der Waals surface area contributed by atoms with Crippen LogP contribution >= 0.6 is 0 Å². The third-order valence-corrected chi connectivity index (χ3v) is 1.77. The Morgan fingerprint density at radius 2 is 2.21 bits per heavy atom. The molecule has 1 rings (SSSR count). The maximum absolute atomic E-state index is 10.5. The Labute approximate surface area is 80.7 Å². The van der Waals surface area contributed by atoms with E-state index < -0.39 is 4.92 Å². The molecule has 0 atom stereocenters. The highest BCUT2D eigenvalue weighted by Gasteiger charge is 2.11. The molecule has 14 heavy (non-hydrogen) atoms. The molecule has 0 saturated heterocycles. The third kappa shape index (κ3) is 1.96. The molecule has 0 bridgehead atoms. The molecule has 0 amide bonds. The van der Waals surface area contributed by atoms with Gasteiger partial charge < -0.3 is 0 Å². The van der Waals surface area contributed by atoms with Crippen molar-refractivity contribution in [2.75, 3.05) is 0 Å². The highest BCUT2D eigenvalue weighted by Crippen LogP contribution is 2.19. The van der Waals surface area contributed by atoms with Crippen LogP contribution in [0.3, 0.4) is 0 Å². The second-order valence-corrected chi connectivity index (χ2v) is 2.59. The van der Waals surface area contributed by atoms with Crippen molar-refractivity contribution in [3.63, 3.8) is 0 Å². The van der Waals surface area contributed by atoms with Gasteiger partial charge in [0.05, 0.1) is 4.92 Å². The molecular weight excluding hydrogens is 182 g/mol. The number of carbonyl (C=O) groups excluding carboxylic acids is 1. The number of carbonyl (C=O) groups is 1. The van der Waals surface area contributed by atoms with Crippen LogP contribution in [0.4, 0.5) is 5.69 Å². The minimum atomic E-state index is -0.471. The van der Waals surface area contributed by atoms with E-state index in [1.165, 1.54) is 6.07 Å². The molecule has 0 aromatic heterocycles. The molecule has 0 radical (unpaired) electrons. The summed E-state index contributed by atoms with van der Waals surface area (Å²) in [6.45, 7) is 1.60. The van der Waals surface area contributed by atoms with Gasteiger partial charge in [-0.2, -0.15) is 0 Å². The Morgan fingerprint density at radius 1 is 1.50 bits per heavy atom. The first-order valence-electron chi connectivity index (χ1n) is 3.86. The minimum Gasteiger partial charge on any atom is -0.289 e. The third-order valence-electron chi connectivity index (χ3n) is 1.77. The standard InChI is InChI=1S/C10H7NO3/c1-8-9(5-3-7-12)4-2-6-10(8)11(13)14/h2,4,6-7H,1H3. The molecule has 1 aromatic carbocycles. The van der Waals surface area contributed by atoms with Crippen LogP contribution in [0.5, 0.6) is 0 Å². The summed E-state index contributed by atoms with van der Waals surface area (Å²) < 4.78 is 0. The Kier molecular flexibility index (Phi) is 2.97. The number of nitro groups is 1. The van der Waals surface area contributed by atoms with Crippen LogP contribution in [0.1, 0.15) is 11.1 Å². The molecule has 4 heteroatoms. The number of aldehydes is 1. The molecular formula is C10H7NO3. The molecule has 70 valence electrons. The Bertz CT molecular complexity index is 440. The molecule has 0 aliphatic rings. The summed E-state index contributed by atoms with van der Waals surface area (Å²) in [5.74, 6) is 4.75. The molecule has 0 fully saturated rings. The van der Waals surface area contributed by atoms with E-state index in [1.54, 1.807) is 19.1 Å². The number of hydrogen-bond acceptors (Lipinski definition) is 3. The fourth-order valence-corrected chi connectivity index (χ4v) is 1.06. The van der Waals surface area contributed by atoms with Crippen LogP contribution < -0.4 is 0 Å². The highest BCUT2D eigenvalue weighted by atomic mass is 16.6. The van der Waals surface area contributed by atoms with Crippen molar-refractivity contribution >= 4 is 12.0 Å². The Morgan fingerprint density at radius 3 is 2.79 bits per heavy atom. The summed E-state index contributed by atoms with van der Waals surface area (Å²) in [5, 5.41) is 10.5. The Hall–Kier alpha value is -2.15. The lowest BCUT2D eigenvalue weighted by atomic mass is 10.1. The van der Waals surface area contributed by atoms with Crippen molar-refractivity contribution in [1.29, 1.82) is 0 Å². The Balaban J connectivity index is 3.27. The van der Waals surface area contributed by atoms with Crippen LogP contribution in [0.25, 0.3) is 0 Å². The van der Waals surface area contributed by atoms with Crippen molar-refractivity contribution in [1.82, 2.24) is 0 Å². The first-order chi connectivity index (χ1) is 6.66. The lowest BCUT2D eigenvalue weighted by molar-refractivity contribution is -0.385. The number of nitro benzene ring substituents is 1. The van der Waals surface area contributed by atoms with Gasteiger partial charge in [-0.1, -0.05) is 12.0 Å². The summed E-state index contributed by atoms with van der Waals surface area (Å²) in [5.41, 5.74) is 1.00. The zero-order valence-electron chi connectivity index (χ0n) is 7.48. The van der Waals surface area contributed by atoms with Gasteiger partial charge in [-0.25, -0.2) is 0 Å². The first-order valence-corrected chi connectivity index (χ1v) is 3.86. The van der Waals surface area contributed by atoms with E-state index >= 15 is 0 Å². The maximum Gasteiger partial charge on any atom is 0.273 e. The van der Waals surface area contributed by atoms with E-state index in [4.69, 9.17) is 0 Å². The zero-order chi connectivity index (χ0) is 10.6. The average Bonchev–Trinajstić information content (AvgIpc) is 2.16. The summed E-state index contributed by atoms with van der Waals surface area (Å²) in [4.78, 5) is 20.1. The minimum absolute atomic E-state index is 0.0164. The van der Waals surface area contributed by atoms with E-state index in [0.717, 1.165) is 0 Å². The fourth-order valence-electron chi connectivity index (χ4n) is 1.06. The predicted octanol–water partition coefficient (Wildman–Crippen LogP) is 1.45. The van der Waals surface area contributed by atoms with E-state index in [2.05, 4.69) is 11.8 Å². The van der Waals surface area contributed by atoms with Gasteiger partial charge in [0.15, 0.2) is 6.29 Å². The van der Waals surface area contributed by atoms with Crippen LogP contribution in [-0.4, -0.2) is 11.2 Å². The van der Waals surface area contributed by atoms with Crippen LogP contribution in [0, 0.1) is 28.9 Å². The second kappa shape index (κ2) is 4.19. The van der Waals surface area contributed by atoms with Crippen molar-refractivity contribution in [2.45, 2.75) is 6.92 Å². The largest absolute Gasteiger partial charge is 0.289 e. The SMILES string of the molecule is Cc1c(C#CC=O)cccc1[N+](=O)[O-]. The molecule has 0 aliphatic carbocycles. The first kappa shape index (κ1) is 9.93. The quantitative estimate of drug-likeness (QED) is 0.291. The number of hydrogen-bond donors (Lipinski definition) is 0. The zero-order valence-corrected chi connectivity index (χ0v) is 7.48. The summed E-state index contributed by atoms with van der Waals surface area (Å²) in [6.07, 6.45) is 0.457.